The van der Waals surface area contributed by atoms with Crippen molar-refractivity contribution in [3.05, 3.63) is 24.3 Å². The van der Waals surface area contributed by atoms with Crippen molar-refractivity contribution in [2.75, 3.05) is 18.5 Å². The molecular weight excluding hydrogens is 260 g/mol. The monoisotopic (exact) mass is 280 g/mol. The molecule has 0 heterocycles. The summed E-state index contributed by atoms with van der Waals surface area (Å²) in [6.45, 7) is 4.98. The van der Waals surface area contributed by atoms with Gasteiger partial charge >= 0.3 is 12.0 Å². The molecule has 0 spiro atoms. The number of hydrogen-bond donors (Lipinski definition) is 2. The first kappa shape index (κ1) is 15.8. The average molecular weight is 280 g/mol. The van der Waals surface area contributed by atoms with Crippen LogP contribution < -0.4 is 4.90 Å². The van der Waals surface area contributed by atoms with Crippen LogP contribution in [0.25, 0.3) is 0 Å². The molecule has 0 saturated heterocycles. The number of aromatic hydroxyl groups is 1. The predicted molar refractivity (Wildman–Crippen MR) is 76.0 cm³/mol. The highest BCUT2D eigenvalue weighted by atomic mass is 16.4. The van der Waals surface area contributed by atoms with Crippen LogP contribution >= 0.6 is 0 Å². The van der Waals surface area contributed by atoms with Gasteiger partial charge in [-0.3, -0.25) is 4.90 Å². The molecule has 20 heavy (non-hydrogen) atoms. The third-order valence-corrected chi connectivity index (χ3v) is 3.27. The molecule has 0 aliphatic rings. The van der Waals surface area contributed by atoms with Gasteiger partial charge in [-0.15, -0.1) is 0 Å². The number of urea groups is 1. The first-order valence-electron chi connectivity index (χ1n) is 6.29. The number of carbonyl (C=O) groups is 2. The number of phenols is 1. The minimum absolute atomic E-state index is 0.104. The molecule has 0 saturated carbocycles. The number of likely N-dealkylation sites (N-methyl/N-ethyl adjacent to an activating group) is 1. The number of amides is 2. The molecule has 0 radical (unpaired) electrons. The summed E-state index contributed by atoms with van der Waals surface area (Å²) in [5, 5.41) is 18.5. The lowest BCUT2D eigenvalue weighted by molar-refractivity contribution is -0.147. The molecule has 2 amide bonds. The van der Waals surface area contributed by atoms with E-state index in [1.54, 1.807) is 26.1 Å². The molecule has 0 aliphatic heterocycles. The number of benzene rings is 1. The van der Waals surface area contributed by atoms with E-state index >= 15 is 0 Å². The van der Waals surface area contributed by atoms with Crippen molar-refractivity contribution < 1.29 is 19.8 Å². The average Bonchev–Trinajstić information content (AvgIpc) is 2.39. The minimum Gasteiger partial charge on any atom is -0.508 e. The molecule has 110 valence electrons. The Kier molecular flexibility index (Phi) is 4.60. The molecule has 1 rings (SSSR count). The highest BCUT2D eigenvalue weighted by molar-refractivity contribution is 5.95. The number of carboxylic acids is 1. The van der Waals surface area contributed by atoms with Crippen molar-refractivity contribution in [3.8, 4) is 5.75 Å². The summed E-state index contributed by atoms with van der Waals surface area (Å²) in [5.74, 6) is -0.959. The van der Waals surface area contributed by atoms with E-state index in [4.69, 9.17) is 0 Å². The standard InChI is InChI=1S/C14H20N2O4/c1-5-16(14(2,3)12(18)19)13(20)15(4)10-6-8-11(17)9-7-10/h6-9,17H,5H2,1-4H3,(H,18,19). The van der Waals surface area contributed by atoms with Crippen LogP contribution in [0.1, 0.15) is 20.8 Å². The fourth-order valence-electron chi connectivity index (χ4n) is 1.85. The van der Waals surface area contributed by atoms with E-state index in [0.29, 0.717) is 5.69 Å². The van der Waals surface area contributed by atoms with Gasteiger partial charge in [0.05, 0.1) is 0 Å². The maximum absolute atomic E-state index is 12.4. The zero-order valence-electron chi connectivity index (χ0n) is 12.1. The summed E-state index contributed by atoms with van der Waals surface area (Å²) in [4.78, 5) is 26.4. The SMILES string of the molecule is CCN(C(=O)N(C)c1ccc(O)cc1)C(C)(C)C(=O)O. The van der Waals surface area contributed by atoms with Crippen LogP contribution in [0.5, 0.6) is 5.75 Å². The van der Waals surface area contributed by atoms with Crippen molar-refractivity contribution >= 4 is 17.7 Å². The van der Waals surface area contributed by atoms with Gasteiger partial charge in [-0.05, 0) is 45.0 Å². The molecule has 2 N–H and O–H groups in total. The Morgan fingerprint density at radius 2 is 1.70 bits per heavy atom. The Balaban J connectivity index is 3.02. The van der Waals surface area contributed by atoms with E-state index < -0.39 is 17.5 Å². The Labute approximate surface area is 118 Å². The predicted octanol–water partition coefficient (Wildman–Crippen LogP) is 2.13. The van der Waals surface area contributed by atoms with E-state index in [9.17, 15) is 19.8 Å². The summed E-state index contributed by atoms with van der Waals surface area (Å²) in [6, 6.07) is 5.71. The van der Waals surface area contributed by atoms with Crippen LogP contribution in [-0.2, 0) is 4.79 Å². The Hall–Kier alpha value is -2.24. The topological polar surface area (TPSA) is 81.1 Å². The number of anilines is 1. The molecular formula is C14H20N2O4. The Morgan fingerprint density at radius 1 is 1.20 bits per heavy atom. The number of carboxylic acid groups (broad SMARTS) is 1. The first-order chi connectivity index (χ1) is 9.21. The summed E-state index contributed by atoms with van der Waals surface area (Å²) >= 11 is 0. The van der Waals surface area contributed by atoms with Crippen LogP contribution in [0.4, 0.5) is 10.5 Å². The lowest BCUT2D eigenvalue weighted by Crippen LogP contribution is -2.56. The van der Waals surface area contributed by atoms with Crippen LogP contribution in [0.2, 0.25) is 0 Å². The number of rotatable bonds is 4. The molecule has 6 nitrogen and oxygen atoms in total. The Bertz CT molecular complexity index is 496. The number of nitrogens with zero attached hydrogens (tertiary/aromatic N) is 2. The van der Waals surface area contributed by atoms with Crippen molar-refractivity contribution in [1.29, 1.82) is 0 Å². The summed E-state index contributed by atoms with van der Waals surface area (Å²) in [5.41, 5.74) is -0.718. The van der Waals surface area contributed by atoms with Crippen LogP contribution in [0, 0.1) is 0 Å². The van der Waals surface area contributed by atoms with E-state index in [0.717, 1.165) is 0 Å². The van der Waals surface area contributed by atoms with Gasteiger partial charge < -0.3 is 15.1 Å². The van der Waals surface area contributed by atoms with Crippen molar-refractivity contribution in [2.45, 2.75) is 26.3 Å². The second-order valence-electron chi connectivity index (χ2n) is 4.97. The second-order valence-corrected chi connectivity index (χ2v) is 4.97. The maximum Gasteiger partial charge on any atom is 0.329 e. The van der Waals surface area contributed by atoms with Gasteiger partial charge in [-0.2, -0.15) is 0 Å². The van der Waals surface area contributed by atoms with E-state index in [2.05, 4.69) is 0 Å². The minimum atomic E-state index is -1.29. The fourth-order valence-corrected chi connectivity index (χ4v) is 1.85. The van der Waals surface area contributed by atoms with Gasteiger partial charge in [0, 0.05) is 19.3 Å². The molecule has 0 bridgehead atoms. The molecule has 0 aromatic heterocycles. The number of hydrogen-bond acceptors (Lipinski definition) is 3. The summed E-state index contributed by atoms with van der Waals surface area (Å²) in [7, 11) is 1.56. The first-order valence-corrected chi connectivity index (χ1v) is 6.29. The van der Waals surface area contributed by atoms with E-state index in [-0.39, 0.29) is 12.3 Å². The zero-order chi connectivity index (χ0) is 15.5. The van der Waals surface area contributed by atoms with Gasteiger partial charge in [0.25, 0.3) is 0 Å². The summed E-state index contributed by atoms with van der Waals surface area (Å²) in [6.07, 6.45) is 0. The molecule has 0 atom stereocenters. The van der Waals surface area contributed by atoms with Crippen molar-refractivity contribution in [1.82, 2.24) is 4.90 Å². The van der Waals surface area contributed by atoms with E-state index in [1.165, 1.54) is 35.8 Å². The second kappa shape index (κ2) is 5.81. The molecule has 0 aliphatic carbocycles. The molecule has 6 heteroatoms. The fraction of sp³-hybridized carbons (Fsp3) is 0.429. The van der Waals surface area contributed by atoms with Gasteiger partial charge in [0.1, 0.15) is 11.3 Å². The highest BCUT2D eigenvalue weighted by Crippen LogP contribution is 2.22. The molecule has 1 aromatic carbocycles. The number of phenolic OH excluding ortho intramolecular Hbond substituents is 1. The lowest BCUT2D eigenvalue weighted by Gasteiger charge is -2.36. The quantitative estimate of drug-likeness (QED) is 0.885. The molecule has 1 aromatic rings. The van der Waals surface area contributed by atoms with E-state index in [1.807, 2.05) is 0 Å². The number of carbonyl (C=O) groups excluding carboxylic acids is 1. The van der Waals surface area contributed by atoms with Crippen LogP contribution in [0.15, 0.2) is 24.3 Å². The van der Waals surface area contributed by atoms with Gasteiger partial charge in [0.2, 0.25) is 0 Å². The number of aliphatic carboxylic acids is 1. The van der Waals surface area contributed by atoms with Crippen molar-refractivity contribution in [2.24, 2.45) is 0 Å². The smallest absolute Gasteiger partial charge is 0.329 e. The van der Waals surface area contributed by atoms with Gasteiger partial charge in [-0.1, -0.05) is 0 Å². The highest BCUT2D eigenvalue weighted by Gasteiger charge is 2.38. The summed E-state index contributed by atoms with van der Waals surface area (Å²) < 4.78 is 0. The van der Waals surface area contributed by atoms with Crippen LogP contribution in [-0.4, -0.2) is 46.2 Å². The molecule has 0 unspecified atom stereocenters. The third kappa shape index (κ3) is 3.01. The molecule has 0 fully saturated rings. The lowest BCUT2D eigenvalue weighted by atomic mass is 10.0. The van der Waals surface area contributed by atoms with Crippen LogP contribution in [0.3, 0.4) is 0 Å². The van der Waals surface area contributed by atoms with Gasteiger partial charge in [0.15, 0.2) is 0 Å². The van der Waals surface area contributed by atoms with Crippen molar-refractivity contribution in [3.63, 3.8) is 0 Å². The largest absolute Gasteiger partial charge is 0.508 e. The normalized spacial score (nSPS) is 11.0. The zero-order valence-corrected chi connectivity index (χ0v) is 12.1. The van der Waals surface area contributed by atoms with Gasteiger partial charge in [-0.25, -0.2) is 9.59 Å². The maximum atomic E-state index is 12.4. The third-order valence-electron chi connectivity index (χ3n) is 3.27. The Morgan fingerprint density at radius 3 is 2.10 bits per heavy atom.